The summed E-state index contributed by atoms with van der Waals surface area (Å²) in [5, 5.41) is 6.05. The lowest BCUT2D eigenvalue weighted by molar-refractivity contribution is 0.0946. The van der Waals surface area contributed by atoms with Crippen molar-refractivity contribution in [3.05, 3.63) is 83.2 Å². The molecule has 0 aliphatic heterocycles. The number of rotatable bonds is 5. The van der Waals surface area contributed by atoms with E-state index >= 15 is 0 Å². The first-order valence-electron chi connectivity index (χ1n) is 8.11. The van der Waals surface area contributed by atoms with Gasteiger partial charge in [0.2, 0.25) is 5.95 Å². The van der Waals surface area contributed by atoms with Gasteiger partial charge in [-0.3, -0.25) is 4.79 Å². The number of nitrogens with zero attached hydrogens (tertiary/aromatic N) is 2. The molecule has 0 fully saturated rings. The van der Waals surface area contributed by atoms with Crippen LogP contribution in [0, 0.1) is 13.8 Å². The summed E-state index contributed by atoms with van der Waals surface area (Å²) < 4.78 is 0. The molecular formula is C20H20N4O. The fourth-order valence-electron chi connectivity index (χ4n) is 2.41. The van der Waals surface area contributed by atoms with Crippen molar-refractivity contribution in [1.29, 1.82) is 0 Å². The average Bonchev–Trinajstić information content (AvgIpc) is 2.64. The van der Waals surface area contributed by atoms with Gasteiger partial charge >= 0.3 is 0 Å². The van der Waals surface area contributed by atoms with Gasteiger partial charge in [-0.2, -0.15) is 0 Å². The SMILES string of the molecule is Cc1ccc(C)c(Nc2nccc(C(=O)NCc3ccccc3)n2)c1. The van der Waals surface area contributed by atoms with Crippen LogP contribution in [0.3, 0.4) is 0 Å². The Balaban J connectivity index is 1.70. The number of hydrogen-bond donors (Lipinski definition) is 2. The summed E-state index contributed by atoms with van der Waals surface area (Å²) in [6.45, 7) is 4.50. The summed E-state index contributed by atoms with van der Waals surface area (Å²) in [6.07, 6.45) is 1.58. The standard InChI is InChI=1S/C20H20N4O/c1-14-8-9-15(2)18(12-14)24-20-21-11-10-17(23-20)19(25)22-13-16-6-4-3-5-7-16/h3-12H,13H2,1-2H3,(H,22,25)(H,21,23,24). The number of hydrogen-bond acceptors (Lipinski definition) is 4. The monoisotopic (exact) mass is 332 g/mol. The average molecular weight is 332 g/mol. The van der Waals surface area contributed by atoms with E-state index in [4.69, 9.17) is 0 Å². The summed E-state index contributed by atoms with van der Waals surface area (Å²) in [5.74, 6) is 0.177. The lowest BCUT2D eigenvalue weighted by Crippen LogP contribution is -2.24. The Morgan fingerprint density at radius 1 is 1.04 bits per heavy atom. The summed E-state index contributed by atoms with van der Waals surface area (Å²) in [6, 6.07) is 17.5. The minimum Gasteiger partial charge on any atom is -0.347 e. The van der Waals surface area contributed by atoms with Crippen LogP contribution >= 0.6 is 0 Å². The second-order valence-corrected chi connectivity index (χ2v) is 5.88. The van der Waals surface area contributed by atoms with Crippen molar-refractivity contribution in [3.8, 4) is 0 Å². The molecule has 0 bridgehead atoms. The van der Waals surface area contributed by atoms with E-state index in [2.05, 4.69) is 26.7 Å². The van der Waals surface area contributed by atoms with Crippen LogP contribution < -0.4 is 10.6 Å². The molecule has 0 spiro atoms. The lowest BCUT2D eigenvalue weighted by Gasteiger charge is -2.10. The molecule has 3 rings (SSSR count). The molecule has 0 saturated carbocycles. The van der Waals surface area contributed by atoms with E-state index in [0.717, 1.165) is 22.4 Å². The highest BCUT2D eigenvalue weighted by molar-refractivity contribution is 5.92. The first-order valence-corrected chi connectivity index (χ1v) is 8.11. The molecule has 0 radical (unpaired) electrons. The maximum Gasteiger partial charge on any atom is 0.270 e. The molecule has 2 N–H and O–H groups in total. The summed E-state index contributed by atoms with van der Waals surface area (Å²) in [4.78, 5) is 20.8. The van der Waals surface area contributed by atoms with Crippen molar-refractivity contribution in [3.63, 3.8) is 0 Å². The number of aryl methyl sites for hydroxylation is 2. The van der Waals surface area contributed by atoms with Crippen LogP contribution in [0.2, 0.25) is 0 Å². The molecule has 1 aromatic heterocycles. The summed E-state index contributed by atoms with van der Waals surface area (Å²) in [7, 11) is 0. The van der Waals surface area contributed by atoms with Crippen LogP contribution in [0.4, 0.5) is 11.6 Å². The number of carbonyl (C=O) groups is 1. The highest BCUT2D eigenvalue weighted by atomic mass is 16.1. The van der Waals surface area contributed by atoms with E-state index in [0.29, 0.717) is 18.2 Å². The van der Waals surface area contributed by atoms with Crippen LogP contribution in [0.15, 0.2) is 60.8 Å². The van der Waals surface area contributed by atoms with E-state index in [1.54, 1.807) is 12.3 Å². The zero-order chi connectivity index (χ0) is 17.6. The fourth-order valence-corrected chi connectivity index (χ4v) is 2.41. The Morgan fingerprint density at radius 2 is 1.84 bits per heavy atom. The Hall–Kier alpha value is -3.21. The molecule has 5 heteroatoms. The minimum atomic E-state index is -0.227. The van der Waals surface area contributed by atoms with E-state index < -0.39 is 0 Å². The Kier molecular flexibility index (Phi) is 5.04. The largest absolute Gasteiger partial charge is 0.347 e. The predicted octanol–water partition coefficient (Wildman–Crippen LogP) is 3.77. The van der Waals surface area contributed by atoms with Crippen molar-refractivity contribution in [2.75, 3.05) is 5.32 Å². The predicted molar refractivity (Wildman–Crippen MR) is 98.8 cm³/mol. The van der Waals surface area contributed by atoms with Gasteiger partial charge in [-0.15, -0.1) is 0 Å². The number of anilines is 2. The quantitative estimate of drug-likeness (QED) is 0.746. The minimum absolute atomic E-state index is 0.227. The van der Waals surface area contributed by atoms with Gasteiger partial charge in [0.15, 0.2) is 0 Å². The van der Waals surface area contributed by atoms with Gasteiger partial charge in [-0.1, -0.05) is 42.5 Å². The fraction of sp³-hybridized carbons (Fsp3) is 0.150. The van der Waals surface area contributed by atoms with Crippen molar-refractivity contribution in [2.24, 2.45) is 0 Å². The molecule has 1 heterocycles. The Bertz CT molecular complexity index is 878. The molecule has 25 heavy (non-hydrogen) atoms. The first kappa shape index (κ1) is 16.6. The van der Waals surface area contributed by atoms with Gasteiger partial charge in [0, 0.05) is 18.4 Å². The van der Waals surface area contributed by atoms with E-state index in [1.165, 1.54) is 0 Å². The third-order valence-corrected chi connectivity index (χ3v) is 3.82. The Morgan fingerprint density at radius 3 is 2.64 bits per heavy atom. The number of nitrogens with one attached hydrogen (secondary N) is 2. The van der Waals surface area contributed by atoms with Crippen LogP contribution in [0.1, 0.15) is 27.2 Å². The smallest absolute Gasteiger partial charge is 0.270 e. The lowest BCUT2D eigenvalue weighted by atomic mass is 10.1. The second-order valence-electron chi connectivity index (χ2n) is 5.88. The van der Waals surface area contributed by atoms with Gasteiger partial charge < -0.3 is 10.6 Å². The van der Waals surface area contributed by atoms with Gasteiger partial charge in [0.25, 0.3) is 5.91 Å². The number of amides is 1. The van der Waals surface area contributed by atoms with Crippen LogP contribution in [-0.2, 0) is 6.54 Å². The van der Waals surface area contributed by atoms with E-state index in [9.17, 15) is 4.79 Å². The topological polar surface area (TPSA) is 66.9 Å². The molecule has 0 aliphatic carbocycles. The van der Waals surface area contributed by atoms with E-state index in [1.807, 2.05) is 56.3 Å². The second kappa shape index (κ2) is 7.57. The molecule has 0 saturated heterocycles. The molecule has 0 unspecified atom stereocenters. The third-order valence-electron chi connectivity index (χ3n) is 3.82. The highest BCUT2D eigenvalue weighted by Gasteiger charge is 2.09. The molecular weight excluding hydrogens is 312 g/mol. The van der Waals surface area contributed by atoms with Crippen molar-refractivity contribution in [2.45, 2.75) is 20.4 Å². The molecule has 0 atom stereocenters. The Labute approximate surface area is 147 Å². The molecule has 2 aromatic carbocycles. The van der Waals surface area contributed by atoms with Crippen molar-refractivity contribution < 1.29 is 4.79 Å². The highest BCUT2D eigenvalue weighted by Crippen LogP contribution is 2.19. The zero-order valence-corrected chi connectivity index (χ0v) is 14.3. The molecule has 5 nitrogen and oxygen atoms in total. The van der Waals surface area contributed by atoms with E-state index in [-0.39, 0.29) is 5.91 Å². The normalized spacial score (nSPS) is 10.3. The number of aromatic nitrogens is 2. The van der Waals surface area contributed by atoms with Crippen LogP contribution in [0.25, 0.3) is 0 Å². The molecule has 1 amide bonds. The van der Waals surface area contributed by atoms with Gasteiger partial charge in [0.05, 0.1) is 0 Å². The maximum atomic E-state index is 12.3. The van der Waals surface area contributed by atoms with Gasteiger partial charge in [-0.05, 0) is 42.7 Å². The van der Waals surface area contributed by atoms with Crippen molar-refractivity contribution in [1.82, 2.24) is 15.3 Å². The van der Waals surface area contributed by atoms with Crippen LogP contribution in [0.5, 0.6) is 0 Å². The van der Waals surface area contributed by atoms with Crippen molar-refractivity contribution >= 4 is 17.5 Å². The molecule has 126 valence electrons. The number of carbonyl (C=O) groups excluding carboxylic acids is 1. The first-order chi connectivity index (χ1) is 12.1. The maximum absolute atomic E-state index is 12.3. The molecule has 0 aliphatic rings. The van der Waals surface area contributed by atoms with Crippen LogP contribution in [-0.4, -0.2) is 15.9 Å². The number of benzene rings is 2. The van der Waals surface area contributed by atoms with Gasteiger partial charge in [-0.25, -0.2) is 9.97 Å². The third kappa shape index (κ3) is 4.41. The zero-order valence-electron chi connectivity index (χ0n) is 14.3. The summed E-state index contributed by atoms with van der Waals surface area (Å²) >= 11 is 0. The van der Waals surface area contributed by atoms with Gasteiger partial charge in [0.1, 0.15) is 5.69 Å². The molecule has 3 aromatic rings. The summed E-state index contributed by atoms with van der Waals surface area (Å²) in [5.41, 5.74) is 4.54.